The Kier molecular flexibility index (Phi) is 8.73. The van der Waals surface area contributed by atoms with Gasteiger partial charge in [-0.25, -0.2) is 4.98 Å². The molecule has 5 rings (SSSR count). The summed E-state index contributed by atoms with van der Waals surface area (Å²) in [5.41, 5.74) is 3.63. The molecule has 1 fully saturated rings. The largest absolute Gasteiger partial charge is 0.497 e. The minimum atomic E-state index is -0.322. The number of ether oxygens (including phenoxy) is 2. The lowest BCUT2D eigenvalue weighted by atomic mass is 10.0. The van der Waals surface area contributed by atoms with Gasteiger partial charge in [0.05, 0.1) is 36.4 Å². The fraction of sp³-hybridized carbons (Fsp3) is 0.433. The van der Waals surface area contributed by atoms with E-state index in [1.54, 1.807) is 22.9 Å². The maximum Gasteiger partial charge on any atom is 0.258 e. The van der Waals surface area contributed by atoms with Crippen molar-refractivity contribution in [3.05, 3.63) is 57.1 Å². The Morgan fingerprint density at radius 1 is 1.15 bits per heavy atom. The fourth-order valence-corrected chi connectivity index (χ4v) is 5.74. The second kappa shape index (κ2) is 12.4. The number of halogens is 1. The Bertz CT molecular complexity index is 1590. The number of carbonyl (C=O) groups excluding carboxylic acids is 1. The molecule has 0 bridgehead atoms. The van der Waals surface area contributed by atoms with Crippen molar-refractivity contribution >= 4 is 39.4 Å². The van der Waals surface area contributed by atoms with Gasteiger partial charge in [-0.15, -0.1) is 0 Å². The number of rotatable bonds is 10. The number of methoxy groups -OCH3 is 1. The molecule has 1 saturated heterocycles. The number of pyridine rings is 2. The summed E-state index contributed by atoms with van der Waals surface area (Å²) >= 11 is 6.74. The van der Waals surface area contributed by atoms with Crippen LogP contribution in [0.3, 0.4) is 0 Å². The number of aryl methyl sites for hydroxylation is 2. The van der Waals surface area contributed by atoms with Crippen LogP contribution in [-0.4, -0.2) is 71.8 Å². The number of H-pyrrole nitrogens is 1. The highest BCUT2D eigenvalue weighted by Gasteiger charge is 2.21. The summed E-state index contributed by atoms with van der Waals surface area (Å²) in [6, 6.07) is 7.22. The molecule has 10 heteroatoms. The number of unbranched alkanes of at least 4 members (excludes halogenated alkanes) is 1. The summed E-state index contributed by atoms with van der Waals surface area (Å²) in [6.07, 6.45) is 4.88. The van der Waals surface area contributed by atoms with Crippen LogP contribution in [0.2, 0.25) is 5.02 Å². The fourth-order valence-electron chi connectivity index (χ4n) is 5.44. The summed E-state index contributed by atoms with van der Waals surface area (Å²) in [5.74, 6) is 0.123. The zero-order valence-corrected chi connectivity index (χ0v) is 24.1. The minimum Gasteiger partial charge on any atom is -0.497 e. The molecule has 0 atom stereocenters. The highest BCUT2D eigenvalue weighted by atomic mass is 35.5. The molecule has 1 amide bonds. The quantitative estimate of drug-likeness (QED) is 0.272. The lowest BCUT2D eigenvalue weighted by Crippen LogP contribution is -2.36. The molecule has 9 nitrogen and oxygen atoms in total. The first-order valence-electron chi connectivity index (χ1n) is 14.0. The molecular weight excluding hydrogens is 530 g/mol. The molecule has 3 aromatic heterocycles. The number of fused-ring (bicyclic) bond motifs is 3. The van der Waals surface area contributed by atoms with Crippen molar-refractivity contribution in [3.8, 4) is 16.9 Å². The minimum absolute atomic E-state index is 0.187. The summed E-state index contributed by atoms with van der Waals surface area (Å²) in [4.78, 5) is 37.2. The summed E-state index contributed by atoms with van der Waals surface area (Å²) in [6.45, 7) is 9.44. The number of aromatic nitrogens is 3. The monoisotopic (exact) mass is 565 g/mol. The van der Waals surface area contributed by atoms with Crippen molar-refractivity contribution in [1.29, 1.82) is 0 Å². The molecule has 0 aliphatic carbocycles. The van der Waals surface area contributed by atoms with Crippen molar-refractivity contribution in [2.45, 2.75) is 39.7 Å². The van der Waals surface area contributed by atoms with E-state index in [0.29, 0.717) is 30.0 Å². The Hall–Kier alpha value is -3.40. The van der Waals surface area contributed by atoms with Gasteiger partial charge in [0.25, 0.3) is 11.5 Å². The summed E-state index contributed by atoms with van der Waals surface area (Å²) < 4.78 is 12.6. The van der Waals surface area contributed by atoms with E-state index in [9.17, 15) is 9.59 Å². The van der Waals surface area contributed by atoms with E-state index < -0.39 is 0 Å². The van der Waals surface area contributed by atoms with Crippen LogP contribution in [0.15, 0.2) is 35.3 Å². The Morgan fingerprint density at radius 2 is 1.95 bits per heavy atom. The average molecular weight is 566 g/mol. The molecule has 4 heterocycles. The van der Waals surface area contributed by atoms with Gasteiger partial charge in [0.2, 0.25) is 0 Å². The zero-order valence-electron chi connectivity index (χ0n) is 23.3. The predicted octanol–water partition coefficient (Wildman–Crippen LogP) is 4.63. The van der Waals surface area contributed by atoms with E-state index in [-0.39, 0.29) is 22.1 Å². The first-order valence-corrected chi connectivity index (χ1v) is 14.3. The SMILES string of the molecule is CCNC(=O)c1cc(OC)cc(-c2cc3cnc4[nH]c(CCCCN5CCOCC5)cc4c3n(CC)c2=O)c1Cl. The van der Waals surface area contributed by atoms with Crippen LogP contribution in [0.4, 0.5) is 0 Å². The van der Waals surface area contributed by atoms with E-state index in [1.165, 1.54) is 7.11 Å². The van der Waals surface area contributed by atoms with E-state index in [1.807, 2.05) is 19.9 Å². The van der Waals surface area contributed by atoms with Gasteiger partial charge in [0, 0.05) is 60.0 Å². The van der Waals surface area contributed by atoms with E-state index in [4.69, 9.17) is 21.1 Å². The highest BCUT2D eigenvalue weighted by molar-refractivity contribution is 6.36. The second-order valence-corrected chi connectivity index (χ2v) is 10.4. The Morgan fingerprint density at radius 3 is 2.67 bits per heavy atom. The number of nitrogens with one attached hydrogen (secondary N) is 2. The summed E-state index contributed by atoms with van der Waals surface area (Å²) in [5, 5.41) is 4.72. The molecule has 1 aliphatic heterocycles. The third-order valence-electron chi connectivity index (χ3n) is 7.50. The lowest BCUT2D eigenvalue weighted by molar-refractivity contribution is 0.0372. The van der Waals surface area contributed by atoms with Crippen LogP contribution in [0.25, 0.3) is 33.1 Å². The number of benzene rings is 1. The van der Waals surface area contributed by atoms with Gasteiger partial charge >= 0.3 is 0 Å². The predicted molar refractivity (Wildman–Crippen MR) is 159 cm³/mol. The topological polar surface area (TPSA) is 101 Å². The average Bonchev–Trinajstić information content (AvgIpc) is 3.39. The molecule has 212 valence electrons. The number of carbonyl (C=O) groups is 1. The molecule has 0 saturated carbocycles. The number of nitrogens with zero attached hydrogens (tertiary/aromatic N) is 3. The molecule has 0 spiro atoms. The number of aromatic amines is 1. The van der Waals surface area contributed by atoms with E-state index >= 15 is 0 Å². The number of hydrogen-bond acceptors (Lipinski definition) is 6. The summed E-state index contributed by atoms with van der Waals surface area (Å²) in [7, 11) is 1.52. The van der Waals surface area contributed by atoms with E-state index in [0.717, 1.165) is 79.7 Å². The first-order chi connectivity index (χ1) is 19.4. The number of hydrogen-bond donors (Lipinski definition) is 2. The third kappa shape index (κ3) is 5.59. The van der Waals surface area contributed by atoms with Crippen molar-refractivity contribution in [1.82, 2.24) is 24.8 Å². The van der Waals surface area contributed by atoms with Gasteiger partial charge in [-0.3, -0.25) is 14.5 Å². The molecule has 40 heavy (non-hydrogen) atoms. The zero-order chi connectivity index (χ0) is 28.2. The normalized spacial score (nSPS) is 14.2. The first kappa shape index (κ1) is 28.1. The number of morpholine rings is 1. The Labute approximate surface area is 238 Å². The standard InChI is InChI=1S/C30H36ClN5O4/c1-4-32-29(37)24-17-21(39-3)16-22(26(24)31)23-14-19-18-33-28-25(27(19)36(5-2)30(23)38)15-20(34-28)8-6-7-9-35-10-12-40-13-11-35/h14-18H,4-13H2,1-3H3,(H,32,37)(H,33,34). The molecule has 1 aromatic carbocycles. The molecule has 1 aliphatic rings. The van der Waals surface area contributed by atoms with Crippen LogP contribution in [0.1, 0.15) is 42.7 Å². The van der Waals surface area contributed by atoms with E-state index in [2.05, 4.69) is 26.3 Å². The van der Waals surface area contributed by atoms with Crippen LogP contribution in [0, 0.1) is 0 Å². The maximum atomic E-state index is 13.9. The van der Waals surface area contributed by atoms with Crippen molar-refractivity contribution < 1.29 is 14.3 Å². The van der Waals surface area contributed by atoms with Crippen molar-refractivity contribution in [3.63, 3.8) is 0 Å². The molecule has 2 N–H and O–H groups in total. The molecule has 0 radical (unpaired) electrons. The third-order valence-corrected chi connectivity index (χ3v) is 7.91. The Balaban J connectivity index is 1.51. The highest BCUT2D eigenvalue weighted by Crippen LogP contribution is 2.35. The van der Waals surface area contributed by atoms with Gasteiger partial charge in [-0.1, -0.05) is 11.6 Å². The van der Waals surface area contributed by atoms with Gasteiger partial charge in [-0.05, 0) is 63.9 Å². The van der Waals surface area contributed by atoms with Gasteiger partial charge < -0.3 is 24.3 Å². The van der Waals surface area contributed by atoms with Crippen molar-refractivity contribution in [2.75, 3.05) is 46.5 Å². The van der Waals surface area contributed by atoms with Gasteiger partial charge in [0.15, 0.2) is 0 Å². The molecule has 0 unspecified atom stereocenters. The van der Waals surface area contributed by atoms with Gasteiger partial charge in [-0.2, -0.15) is 0 Å². The second-order valence-electron chi connectivity index (χ2n) is 10.0. The van der Waals surface area contributed by atoms with Crippen LogP contribution < -0.4 is 15.6 Å². The lowest BCUT2D eigenvalue weighted by Gasteiger charge is -2.26. The smallest absolute Gasteiger partial charge is 0.258 e. The van der Waals surface area contributed by atoms with Crippen LogP contribution in [0.5, 0.6) is 5.75 Å². The van der Waals surface area contributed by atoms with Crippen LogP contribution in [-0.2, 0) is 17.7 Å². The van der Waals surface area contributed by atoms with Gasteiger partial charge in [0.1, 0.15) is 11.4 Å². The van der Waals surface area contributed by atoms with Crippen molar-refractivity contribution in [2.24, 2.45) is 0 Å². The molecular formula is C30H36ClN5O4. The molecule has 4 aromatic rings. The number of amides is 1. The maximum absolute atomic E-state index is 13.9. The van der Waals surface area contributed by atoms with Crippen LogP contribution >= 0.6 is 11.6 Å².